The van der Waals surface area contributed by atoms with E-state index < -0.39 is 0 Å². The van der Waals surface area contributed by atoms with Gasteiger partial charge in [0.05, 0.1) is 20.1 Å². The van der Waals surface area contributed by atoms with E-state index in [1.165, 1.54) is 0 Å². The first-order valence-corrected chi connectivity index (χ1v) is 4.96. The molecule has 4 heteroatoms. The highest BCUT2D eigenvalue weighted by Gasteiger charge is 2.15. The lowest BCUT2D eigenvalue weighted by Gasteiger charge is -2.10. The van der Waals surface area contributed by atoms with E-state index in [2.05, 4.69) is 6.58 Å². The summed E-state index contributed by atoms with van der Waals surface area (Å²) in [6.45, 7) is 5.43. The second-order valence-corrected chi connectivity index (χ2v) is 4.01. The Hall–Kier alpha value is 0.120. The van der Waals surface area contributed by atoms with E-state index >= 15 is 0 Å². The van der Waals surface area contributed by atoms with E-state index in [1.807, 2.05) is 6.92 Å². The monoisotopic (exact) mass is 254 g/mol. The first-order chi connectivity index (χ1) is 6.00. The standard InChI is InChI=1S/C9H6Cl4/c1-3-5-4(2)6(10)8(12)9(13)7(5)11/h3H,1H2,2H3. The number of hydrogen-bond acceptors (Lipinski definition) is 0. The molecule has 0 atom stereocenters. The summed E-state index contributed by atoms with van der Waals surface area (Å²) in [5.74, 6) is 0. The summed E-state index contributed by atoms with van der Waals surface area (Å²) in [7, 11) is 0. The Morgan fingerprint density at radius 3 is 1.85 bits per heavy atom. The van der Waals surface area contributed by atoms with E-state index in [9.17, 15) is 0 Å². The summed E-state index contributed by atoms with van der Waals surface area (Å²) in [5, 5.41) is 1.37. The van der Waals surface area contributed by atoms with Crippen molar-refractivity contribution < 1.29 is 0 Å². The highest BCUT2D eigenvalue weighted by atomic mass is 35.5. The van der Waals surface area contributed by atoms with Crippen LogP contribution in [-0.4, -0.2) is 0 Å². The van der Waals surface area contributed by atoms with Crippen LogP contribution in [0.1, 0.15) is 11.1 Å². The summed E-state index contributed by atoms with van der Waals surface area (Å²) in [4.78, 5) is 0. The molecular weight excluding hydrogens is 250 g/mol. The Kier molecular flexibility index (Phi) is 3.53. The lowest BCUT2D eigenvalue weighted by atomic mass is 10.1. The van der Waals surface area contributed by atoms with Gasteiger partial charge in [0.15, 0.2) is 0 Å². The highest BCUT2D eigenvalue weighted by Crippen LogP contribution is 2.41. The number of hydrogen-bond donors (Lipinski definition) is 0. The molecule has 1 aromatic carbocycles. The molecule has 0 unspecified atom stereocenters. The molecule has 0 aromatic heterocycles. The van der Waals surface area contributed by atoms with E-state index in [-0.39, 0.29) is 10.0 Å². The van der Waals surface area contributed by atoms with E-state index in [4.69, 9.17) is 46.4 Å². The van der Waals surface area contributed by atoms with Crippen LogP contribution < -0.4 is 0 Å². The Morgan fingerprint density at radius 1 is 0.923 bits per heavy atom. The zero-order chi connectivity index (χ0) is 10.2. The lowest BCUT2D eigenvalue weighted by molar-refractivity contribution is 1.44. The molecule has 0 aliphatic carbocycles. The van der Waals surface area contributed by atoms with Gasteiger partial charge in [0.25, 0.3) is 0 Å². The van der Waals surface area contributed by atoms with Gasteiger partial charge in [-0.3, -0.25) is 0 Å². The summed E-state index contributed by atoms with van der Waals surface area (Å²) < 4.78 is 0. The minimum absolute atomic E-state index is 0.272. The third kappa shape index (κ3) is 1.82. The van der Waals surface area contributed by atoms with Crippen molar-refractivity contribution in [2.24, 2.45) is 0 Å². The molecule has 0 N–H and O–H groups in total. The Balaban J connectivity index is 3.66. The van der Waals surface area contributed by atoms with Crippen LogP contribution in [0, 0.1) is 6.92 Å². The maximum atomic E-state index is 5.93. The third-order valence-corrected chi connectivity index (χ3v) is 3.66. The van der Waals surface area contributed by atoms with Crippen molar-refractivity contribution in [2.75, 3.05) is 0 Å². The average molecular weight is 256 g/mol. The predicted molar refractivity (Wildman–Crippen MR) is 61.3 cm³/mol. The molecule has 0 aliphatic rings. The fraction of sp³-hybridized carbons (Fsp3) is 0.111. The molecule has 0 heterocycles. The lowest BCUT2D eigenvalue weighted by Crippen LogP contribution is -1.87. The molecule has 0 amide bonds. The van der Waals surface area contributed by atoms with Crippen molar-refractivity contribution in [2.45, 2.75) is 6.92 Å². The van der Waals surface area contributed by atoms with Crippen LogP contribution in [0.3, 0.4) is 0 Å². The van der Waals surface area contributed by atoms with Gasteiger partial charge in [0, 0.05) is 0 Å². The van der Waals surface area contributed by atoms with Gasteiger partial charge in [0.1, 0.15) is 0 Å². The zero-order valence-corrected chi connectivity index (χ0v) is 9.82. The number of benzene rings is 1. The molecule has 0 nitrogen and oxygen atoms in total. The van der Waals surface area contributed by atoms with Crippen molar-refractivity contribution in [3.63, 3.8) is 0 Å². The molecule has 1 rings (SSSR count). The second kappa shape index (κ2) is 4.10. The fourth-order valence-corrected chi connectivity index (χ4v) is 2.04. The third-order valence-electron chi connectivity index (χ3n) is 1.75. The van der Waals surface area contributed by atoms with E-state index in [0.717, 1.165) is 11.1 Å². The van der Waals surface area contributed by atoms with Gasteiger partial charge in [-0.05, 0) is 18.1 Å². The van der Waals surface area contributed by atoms with E-state index in [1.54, 1.807) is 6.08 Å². The molecule has 0 fully saturated rings. The summed E-state index contributed by atoms with van der Waals surface area (Å²) in [6, 6.07) is 0. The molecule has 1 aromatic rings. The van der Waals surface area contributed by atoms with Crippen molar-refractivity contribution >= 4 is 52.5 Å². The van der Waals surface area contributed by atoms with Gasteiger partial charge in [-0.2, -0.15) is 0 Å². The van der Waals surface area contributed by atoms with Crippen LogP contribution in [0.4, 0.5) is 0 Å². The zero-order valence-electron chi connectivity index (χ0n) is 6.80. The van der Waals surface area contributed by atoms with Crippen LogP contribution >= 0.6 is 46.4 Å². The predicted octanol–water partition coefficient (Wildman–Crippen LogP) is 5.25. The number of rotatable bonds is 1. The van der Waals surface area contributed by atoms with Gasteiger partial charge >= 0.3 is 0 Å². The summed E-state index contributed by atoms with van der Waals surface area (Å²) in [6.07, 6.45) is 1.60. The van der Waals surface area contributed by atoms with E-state index in [0.29, 0.717) is 10.0 Å². The maximum absolute atomic E-state index is 5.93. The van der Waals surface area contributed by atoms with Crippen molar-refractivity contribution in [1.82, 2.24) is 0 Å². The summed E-state index contributed by atoms with van der Waals surface area (Å²) >= 11 is 23.5. The second-order valence-electron chi connectivity index (χ2n) is 2.50. The quantitative estimate of drug-likeness (QED) is 0.475. The Labute approximate surface area is 97.0 Å². The normalized spacial score (nSPS) is 10.2. The van der Waals surface area contributed by atoms with Crippen LogP contribution in [0.2, 0.25) is 20.1 Å². The van der Waals surface area contributed by atoms with Gasteiger partial charge in [-0.15, -0.1) is 0 Å². The minimum atomic E-state index is 0.272. The summed E-state index contributed by atoms with van der Waals surface area (Å²) in [5.41, 5.74) is 1.51. The Bertz CT molecular complexity index is 339. The van der Waals surface area contributed by atoms with Gasteiger partial charge in [-0.25, -0.2) is 0 Å². The van der Waals surface area contributed by atoms with Crippen molar-refractivity contribution in [1.29, 1.82) is 0 Å². The first kappa shape index (κ1) is 11.2. The largest absolute Gasteiger partial charge is 0.0984 e. The van der Waals surface area contributed by atoms with Crippen molar-refractivity contribution in [3.05, 3.63) is 37.8 Å². The Morgan fingerprint density at radius 2 is 1.38 bits per heavy atom. The molecule has 0 saturated heterocycles. The maximum Gasteiger partial charge on any atom is 0.0800 e. The van der Waals surface area contributed by atoms with Crippen LogP contribution in [0.15, 0.2) is 6.58 Å². The molecule has 0 aliphatic heterocycles. The smallest absolute Gasteiger partial charge is 0.0800 e. The van der Waals surface area contributed by atoms with Crippen LogP contribution in [0.25, 0.3) is 6.08 Å². The molecular formula is C9H6Cl4. The molecule has 0 bridgehead atoms. The highest BCUT2D eigenvalue weighted by molar-refractivity contribution is 6.52. The fourth-order valence-electron chi connectivity index (χ4n) is 1.00. The van der Waals surface area contributed by atoms with Crippen LogP contribution in [0.5, 0.6) is 0 Å². The van der Waals surface area contributed by atoms with Gasteiger partial charge in [-0.1, -0.05) is 59.1 Å². The molecule has 13 heavy (non-hydrogen) atoms. The first-order valence-electron chi connectivity index (χ1n) is 3.45. The van der Waals surface area contributed by atoms with Crippen molar-refractivity contribution in [3.8, 4) is 0 Å². The topological polar surface area (TPSA) is 0 Å². The average Bonchev–Trinajstić information content (AvgIpc) is 2.13. The molecule has 0 spiro atoms. The van der Waals surface area contributed by atoms with Crippen LogP contribution in [-0.2, 0) is 0 Å². The number of halogens is 4. The van der Waals surface area contributed by atoms with Gasteiger partial charge < -0.3 is 0 Å². The SMILES string of the molecule is C=Cc1c(C)c(Cl)c(Cl)c(Cl)c1Cl. The molecule has 70 valence electrons. The molecule has 0 saturated carbocycles. The minimum Gasteiger partial charge on any atom is -0.0984 e. The molecule has 0 radical (unpaired) electrons. The van der Waals surface area contributed by atoms with Gasteiger partial charge in [0.2, 0.25) is 0 Å².